The maximum atomic E-state index is 10.8. The summed E-state index contributed by atoms with van der Waals surface area (Å²) in [5, 5.41) is 0. The van der Waals surface area contributed by atoms with Gasteiger partial charge in [0.05, 0.1) is 0 Å². The third kappa shape index (κ3) is 4.28. The first-order chi connectivity index (χ1) is 7.10. The summed E-state index contributed by atoms with van der Waals surface area (Å²) in [7, 11) is 0. The molecule has 0 aromatic carbocycles. The van der Waals surface area contributed by atoms with Gasteiger partial charge >= 0.3 is 0 Å². The van der Waals surface area contributed by atoms with Gasteiger partial charge in [0.25, 0.3) is 0 Å². The molecular formula is C14H22O. The van der Waals surface area contributed by atoms with Gasteiger partial charge in [-0.05, 0) is 43.4 Å². The van der Waals surface area contributed by atoms with Crippen LogP contribution in [0.2, 0.25) is 0 Å². The monoisotopic (exact) mass is 206 g/mol. The summed E-state index contributed by atoms with van der Waals surface area (Å²) < 4.78 is 0. The summed E-state index contributed by atoms with van der Waals surface area (Å²) in [5.41, 5.74) is 3.35. The fourth-order valence-electron chi connectivity index (χ4n) is 1.57. The lowest BCUT2D eigenvalue weighted by Crippen LogP contribution is -1.99. The van der Waals surface area contributed by atoms with Crippen LogP contribution in [0.5, 0.6) is 0 Å². The molecule has 84 valence electrons. The van der Waals surface area contributed by atoms with E-state index in [0.29, 0.717) is 5.92 Å². The molecular weight excluding hydrogens is 184 g/mol. The Morgan fingerprint density at radius 1 is 1.20 bits per heavy atom. The normalized spacial score (nSPS) is 14.7. The second-order valence-corrected chi connectivity index (χ2v) is 3.83. The number of carbonyl (C=O) groups excluding carboxylic acids is 1. The van der Waals surface area contributed by atoms with E-state index in [4.69, 9.17) is 0 Å². The quantitative estimate of drug-likeness (QED) is 0.376. The smallest absolute Gasteiger partial charge is 0.149 e. The highest BCUT2D eigenvalue weighted by atomic mass is 16.1. The van der Waals surface area contributed by atoms with Gasteiger partial charge in [0.15, 0.2) is 0 Å². The molecule has 0 unspecified atom stereocenters. The highest BCUT2D eigenvalue weighted by Gasteiger charge is 2.07. The Labute approximate surface area is 93.6 Å². The zero-order valence-corrected chi connectivity index (χ0v) is 10.5. The second kappa shape index (κ2) is 7.22. The minimum Gasteiger partial charge on any atom is -0.298 e. The lowest BCUT2D eigenvalue weighted by Gasteiger charge is -2.14. The van der Waals surface area contributed by atoms with Crippen LogP contribution in [-0.4, -0.2) is 6.29 Å². The number of hydrogen-bond acceptors (Lipinski definition) is 1. The first-order valence-corrected chi connectivity index (χ1v) is 5.59. The van der Waals surface area contributed by atoms with E-state index in [1.807, 2.05) is 26.0 Å². The molecule has 1 nitrogen and oxygen atoms in total. The molecule has 0 bridgehead atoms. The zero-order chi connectivity index (χ0) is 11.8. The van der Waals surface area contributed by atoms with Gasteiger partial charge in [-0.2, -0.15) is 0 Å². The molecule has 0 aliphatic heterocycles. The Morgan fingerprint density at radius 2 is 1.80 bits per heavy atom. The fraction of sp³-hybridized carbons (Fsp3) is 0.500. The number of carbonyl (C=O) groups is 1. The summed E-state index contributed by atoms with van der Waals surface area (Å²) in [4.78, 5) is 10.8. The van der Waals surface area contributed by atoms with Gasteiger partial charge < -0.3 is 0 Å². The van der Waals surface area contributed by atoms with Gasteiger partial charge in [-0.1, -0.05) is 32.9 Å². The van der Waals surface area contributed by atoms with Crippen molar-refractivity contribution >= 4 is 6.29 Å². The topological polar surface area (TPSA) is 17.1 Å². The van der Waals surface area contributed by atoms with Crippen LogP contribution in [0.15, 0.2) is 34.9 Å². The average molecular weight is 206 g/mol. The van der Waals surface area contributed by atoms with Crippen molar-refractivity contribution in [2.75, 3.05) is 0 Å². The van der Waals surface area contributed by atoms with Crippen molar-refractivity contribution in [2.45, 2.75) is 41.0 Å². The zero-order valence-electron chi connectivity index (χ0n) is 10.5. The largest absolute Gasteiger partial charge is 0.298 e. The third-order valence-electron chi connectivity index (χ3n) is 2.51. The number of allylic oxidation sites excluding steroid dienone is 6. The van der Waals surface area contributed by atoms with Gasteiger partial charge in [0.2, 0.25) is 0 Å². The van der Waals surface area contributed by atoms with Crippen LogP contribution in [-0.2, 0) is 4.79 Å². The van der Waals surface area contributed by atoms with Gasteiger partial charge in [0, 0.05) is 5.57 Å². The van der Waals surface area contributed by atoms with E-state index >= 15 is 0 Å². The first kappa shape index (κ1) is 13.9. The molecule has 0 spiro atoms. The van der Waals surface area contributed by atoms with E-state index in [-0.39, 0.29) is 0 Å². The van der Waals surface area contributed by atoms with Crippen LogP contribution in [0.3, 0.4) is 0 Å². The molecule has 0 fully saturated rings. The molecule has 0 aromatic rings. The molecule has 1 heteroatoms. The van der Waals surface area contributed by atoms with Crippen LogP contribution in [0.4, 0.5) is 0 Å². The highest BCUT2D eigenvalue weighted by Crippen LogP contribution is 2.23. The molecule has 0 rings (SSSR count). The Balaban J connectivity index is 5.22. The summed E-state index contributed by atoms with van der Waals surface area (Å²) in [5.74, 6) is 0.450. The number of aldehydes is 1. The predicted octanol–water partition coefficient (Wildman–Crippen LogP) is 4.07. The molecule has 0 amide bonds. The van der Waals surface area contributed by atoms with Crippen molar-refractivity contribution in [3.8, 4) is 0 Å². The van der Waals surface area contributed by atoms with Gasteiger partial charge in [-0.25, -0.2) is 0 Å². The Bertz CT molecular complexity index is 290. The molecule has 0 aliphatic carbocycles. The molecule has 0 saturated heterocycles. The van der Waals surface area contributed by atoms with Crippen LogP contribution in [0, 0.1) is 5.92 Å². The van der Waals surface area contributed by atoms with E-state index < -0.39 is 0 Å². The van der Waals surface area contributed by atoms with Crippen molar-refractivity contribution in [2.24, 2.45) is 5.92 Å². The van der Waals surface area contributed by atoms with E-state index in [2.05, 4.69) is 26.8 Å². The van der Waals surface area contributed by atoms with Gasteiger partial charge in [0.1, 0.15) is 6.29 Å². The highest BCUT2D eigenvalue weighted by molar-refractivity contribution is 5.78. The van der Waals surface area contributed by atoms with Crippen molar-refractivity contribution in [3.05, 3.63) is 34.9 Å². The lowest BCUT2D eigenvalue weighted by molar-refractivity contribution is -0.104. The standard InChI is InChI=1S/C14H22O/c1-6-12(10-15)9-14(11(4)5)13(7-2)8-3/h6-7,9-11H,8H2,1-5H3/b12-6+,13-7+,14-9-. The molecule has 0 aliphatic rings. The predicted molar refractivity (Wildman–Crippen MR) is 66.8 cm³/mol. The minimum absolute atomic E-state index is 0.450. The van der Waals surface area contributed by atoms with Crippen molar-refractivity contribution in [1.29, 1.82) is 0 Å². The van der Waals surface area contributed by atoms with E-state index in [1.165, 1.54) is 11.1 Å². The Morgan fingerprint density at radius 3 is 2.07 bits per heavy atom. The van der Waals surface area contributed by atoms with Crippen LogP contribution in [0.1, 0.15) is 41.0 Å². The summed E-state index contributed by atoms with van der Waals surface area (Å²) in [6.07, 6.45) is 7.89. The van der Waals surface area contributed by atoms with Crippen LogP contribution in [0.25, 0.3) is 0 Å². The molecule has 0 aromatic heterocycles. The van der Waals surface area contributed by atoms with Crippen LogP contribution < -0.4 is 0 Å². The second-order valence-electron chi connectivity index (χ2n) is 3.83. The van der Waals surface area contributed by atoms with Crippen molar-refractivity contribution < 1.29 is 4.79 Å². The van der Waals surface area contributed by atoms with Gasteiger partial charge in [-0.15, -0.1) is 0 Å². The van der Waals surface area contributed by atoms with Crippen molar-refractivity contribution in [1.82, 2.24) is 0 Å². The molecule has 0 N–H and O–H groups in total. The summed E-state index contributed by atoms with van der Waals surface area (Å²) in [6, 6.07) is 0. The van der Waals surface area contributed by atoms with Crippen molar-refractivity contribution in [3.63, 3.8) is 0 Å². The maximum Gasteiger partial charge on any atom is 0.149 e. The molecule has 15 heavy (non-hydrogen) atoms. The first-order valence-electron chi connectivity index (χ1n) is 5.59. The average Bonchev–Trinajstić information content (AvgIpc) is 2.24. The maximum absolute atomic E-state index is 10.8. The number of hydrogen-bond donors (Lipinski definition) is 0. The molecule has 0 radical (unpaired) electrons. The minimum atomic E-state index is 0.450. The van der Waals surface area contributed by atoms with E-state index in [0.717, 1.165) is 18.3 Å². The Hall–Kier alpha value is -1.11. The van der Waals surface area contributed by atoms with Gasteiger partial charge in [-0.3, -0.25) is 4.79 Å². The fourth-order valence-corrected chi connectivity index (χ4v) is 1.57. The summed E-state index contributed by atoms with van der Waals surface area (Å²) >= 11 is 0. The van der Waals surface area contributed by atoms with E-state index in [1.54, 1.807) is 0 Å². The number of rotatable bonds is 5. The molecule has 0 saturated carbocycles. The SMILES string of the molecule is C\C=C(C=O)/C=C(\C(=C\C)CC)C(C)C. The summed E-state index contributed by atoms with van der Waals surface area (Å²) in [6.45, 7) is 10.4. The molecule has 0 heterocycles. The Kier molecular flexibility index (Phi) is 6.68. The lowest BCUT2D eigenvalue weighted by atomic mass is 9.91. The van der Waals surface area contributed by atoms with E-state index in [9.17, 15) is 4.79 Å². The molecule has 0 atom stereocenters. The van der Waals surface area contributed by atoms with Crippen LogP contribution >= 0.6 is 0 Å². The third-order valence-corrected chi connectivity index (χ3v) is 2.51.